The van der Waals surface area contributed by atoms with Gasteiger partial charge in [0, 0.05) is 6.54 Å². The van der Waals surface area contributed by atoms with Crippen LogP contribution in [0.2, 0.25) is 0 Å². The molecule has 0 spiro atoms. The fourth-order valence-corrected chi connectivity index (χ4v) is 5.62. The van der Waals surface area contributed by atoms with E-state index in [4.69, 9.17) is 5.11 Å². The Morgan fingerprint density at radius 2 is 2.05 bits per heavy atom. The molecule has 0 aromatic carbocycles. The van der Waals surface area contributed by atoms with Gasteiger partial charge in [0.25, 0.3) is 0 Å². The summed E-state index contributed by atoms with van der Waals surface area (Å²) in [7, 11) is -3.65. The van der Waals surface area contributed by atoms with Gasteiger partial charge in [0.1, 0.15) is 9.77 Å². The molecule has 1 aromatic rings. The lowest BCUT2D eigenvalue weighted by atomic mass is 10.2. The first kappa shape index (κ1) is 19.0. The highest BCUT2D eigenvalue weighted by molar-refractivity contribution is 9.11. The van der Waals surface area contributed by atoms with Crippen molar-refractivity contribution in [2.24, 2.45) is 0 Å². The molecule has 0 bridgehead atoms. The Morgan fingerprint density at radius 1 is 1.38 bits per heavy atom. The molecule has 5 nitrogen and oxygen atoms in total. The monoisotopic (exact) mass is 415 g/mol. The molecule has 0 radical (unpaired) electrons. The molecule has 0 fully saturated rings. The SMILES string of the molecule is CSCCCCCCNS(=O)(=O)c1cc(C(=O)O)sc1Br. The van der Waals surface area contributed by atoms with Gasteiger partial charge in [0.15, 0.2) is 0 Å². The zero-order valence-electron chi connectivity index (χ0n) is 11.6. The third kappa shape index (κ3) is 6.27. The lowest BCUT2D eigenvalue weighted by Crippen LogP contribution is -2.24. The van der Waals surface area contributed by atoms with Crippen molar-refractivity contribution in [2.75, 3.05) is 18.6 Å². The summed E-state index contributed by atoms with van der Waals surface area (Å²) < 4.78 is 27.0. The number of carbonyl (C=O) groups is 1. The van der Waals surface area contributed by atoms with Crippen molar-refractivity contribution in [2.45, 2.75) is 30.6 Å². The zero-order valence-corrected chi connectivity index (χ0v) is 15.6. The Kier molecular flexibility index (Phi) is 8.25. The molecule has 0 aliphatic heterocycles. The summed E-state index contributed by atoms with van der Waals surface area (Å²) in [4.78, 5) is 10.8. The number of unbranched alkanes of at least 4 members (excludes halogenated alkanes) is 3. The number of hydrogen-bond donors (Lipinski definition) is 2. The minimum atomic E-state index is -3.65. The van der Waals surface area contributed by atoms with Crippen LogP contribution in [0.25, 0.3) is 0 Å². The van der Waals surface area contributed by atoms with Crippen LogP contribution >= 0.6 is 39.0 Å². The normalized spacial score (nSPS) is 11.7. The first-order chi connectivity index (χ1) is 9.88. The number of thioether (sulfide) groups is 1. The highest BCUT2D eigenvalue weighted by Gasteiger charge is 2.22. The summed E-state index contributed by atoms with van der Waals surface area (Å²) in [6.45, 7) is 0.367. The first-order valence-electron chi connectivity index (χ1n) is 6.39. The van der Waals surface area contributed by atoms with Gasteiger partial charge in [-0.25, -0.2) is 17.9 Å². The molecule has 1 aromatic heterocycles. The van der Waals surface area contributed by atoms with E-state index < -0.39 is 16.0 Å². The van der Waals surface area contributed by atoms with E-state index in [1.54, 1.807) is 0 Å². The van der Waals surface area contributed by atoms with E-state index in [1.807, 2.05) is 11.8 Å². The van der Waals surface area contributed by atoms with E-state index >= 15 is 0 Å². The molecule has 2 N–H and O–H groups in total. The molecular formula is C12H18BrNO4S3. The van der Waals surface area contributed by atoms with E-state index in [0.717, 1.165) is 42.8 Å². The van der Waals surface area contributed by atoms with Crippen molar-refractivity contribution >= 4 is 55.0 Å². The smallest absolute Gasteiger partial charge is 0.345 e. The molecule has 9 heteroatoms. The van der Waals surface area contributed by atoms with Crippen molar-refractivity contribution in [1.82, 2.24) is 4.72 Å². The number of aromatic carboxylic acids is 1. The van der Waals surface area contributed by atoms with Crippen LogP contribution < -0.4 is 4.72 Å². The summed E-state index contributed by atoms with van der Waals surface area (Å²) in [5.41, 5.74) is 0. The lowest BCUT2D eigenvalue weighted by molar-refractivity contribution is 0.0702. The van der Waals surface area contributed by atoms with Crippen molar-refractivity contribution in [3.8, 4) is 0 Å². The lowest BCUT2D eigenvalue weighted by Gasteiger charge is -2.05. The average molecular weight is 416 g/mol. The molecule has 21 heavy (non-hydrogen) atoms. The van der Waals surface area contributed by atoms with Gasteiger partial charge in [-0.1, -0.05) is 12.8 Å². The van der Waals surface area contributed by atoms with Crippen LogP contribution in [0, 0.1) is 0 Å². The Bertz CT molecular complexity index is 571. The highest BCUT2D eigenvalue weighted by atomic mass is 79.9. The Labute approximate surface area is 141 Å². The Hall–Kier alpha value is -0.0900. The maximum Gasteiger partial charge on any atom is 0.345 e. The second-order valence-electron chi connectivity index (χ2n) is 4.36. The van der Waals surface area contributed by atoms with E-state index in [-0.39, 0.29) is 9.77 Å². The Balaban J connectivity index is 2.48. The van der Waals surface area contributed by atoms with Crippen LogP contribution in [-0.2, 0) is 10.0 Å². The van der Waals surface area contributed by atoms with E-state index in [0.29, 0.717) is 10.3 Å². The van der Waals surface area contributed by atoms with Gasteiger partial charge in [0.2, 0.25) is 10.0 Å². The van der Waals surface area contributed by atoms with Gasteiger partial charge in [-0.3, -0.25) is 0 Å². The van der Waals surface area contributed by atoms with Crippen LogP contribution in [-0.4, -0.2) is 38.0 Å². The fourth-order valence-electron chi connectivity index (χ4n) is 1.65. The fraction of sp³-hybridized carbons (Fsp3) is 0.583. The van der Waals surface area contributed by atoms with Gasteiger partial charge in [-0.05, 0) is 46.8 Å². The van der Waals surface area contributed by atoms with Crippen molar-refractivity contribution in [3.63, 3.8) is 0 Å². The summed E-state index contributed by atoms with van der Waals surface area (Å²) >= 11 is 5.81. The van der Waals surface area contributed by atoms with Gasteiger partial charge < -0.3 is 5.11 Å². The van der Waals surface area contributed by atoms with Crippen molar-refractivity contribution in [3.05, 3.63) is 14.7 Å². The molecular weight excluding hydrogens is 398 g/mol. The average Bonchev–Trinajstić information content (AvgIpc) is 2.81. The quantitative estimate of drug-likeness (QED) is 0.571. The summed E-state index contributed by atoms with van der Waals surface area (Å²) in [5, 5.41) is 8.88. The third-order valence-electron chi connectivity index (χ3n) is 2.72. The second-order valence-corrected chi connectivity index (χ2v) is 9.45. The zero-order chi connectivity index (χ0) is 15.9. The second kappa shape index (κ2) is 9.14. The number of thiophene rings is 1. The molecule has 0 aliphatic carbocycles. The third-order valence-corrected chi connectivity index (χ3v) is 7.12. The van der Waals surface area contributed by atoms with Gasteiger partial charge in [-0.2, -0.15) is 11.8 Å². The van der Waals surface area contributed by atoms with Crippen LogP contribution in [0.15, 0.2) is 14.7 Å². The van der Waals surface area contributed by atoms with Gasteiger partial charge >= 0.3 is 5.97 Å². The largest absolute Gasteiger partial charge is 0.477 e. The molecule has 0 aliphatic rings. The number of carboxylic acid groups (broad SMARTS) is 1. The van der Waals surface area contributed by atoms with Crippen molar-refractivity contribution < 1.29 is 18.3 Å². The molecule has 120 valence electrons. The summed E-state index contributed by atoms with van der Waals surface area (Å²) in [6, 6.07) is 1.18. The maximum atomic E-state index is 12.1. The molecule has 0 unspecified atom stereocenters. The summed E-state index contributed by atoms with van der Waals surface area (Å²) in [5.74, 6) is 0.00174. The predicted molar refractivity (Wildman–Crippen MR) is 91.0 cm³/mol. The maximum absolute atomic E-state index is 12.1. The minimum Gasteiger partial charge on any atom is -0.477 e. The van der Waals surface area contributed by atoms with Gasteiger partial charge in [0.05, 0.1) is 3.79 Å². The summed E-state index contributed by atoms with van der Waals surface area (Å²) in [6.07, 6.45) is 6.06. The van der Waals surface area contributed by atoms with E-state index in [9.17, 15) is 13.2 Å². The van der Waals surface area contributed by atoms with Crippen molar-refractivity contribution in [1.29, 1.82) is 0 Å². The van der Waals surface area contributed by atoms with E-state index in [2.05, 4.69) is 26.9 Å². The Morgan fingerprint density at radius 3 is 2.62 bits per heavy atom. The number of halogens is 1. The molecule has 0 saturated carbocycles. The first-order valence-corrected chi connectivity index (χ1v) is 10.9. The number of nitrogens with one attached hydrogen (secondary N) is 1. The highest BCUT2D eigenvalue weighted by Crippen LogP contribution is 2.31. The number of sulfonamides is 1. The molecule has 1 heterocycles. The predicted octanol–water partition coefficient (Wildman–Crippen LogP) is 3.41. The molecule has 1 rings (SSSR count). The number of rotatable bonds is 10. The molecule has 0 atom stereocenters. The van der Waals surface area contributed by atoms with Crippen LogP contribution in [0.1, 0.15) is 35.4 Å². The van der Waals surface area contributed by atoms with Gasteiger partial charge in [-0.15, -0.1) is 11.3 Å². The topological polar surface area (TPSA) is 83.5 Å². The minimum absolute atomic E-state index is 0.000634. The number of carboxylic acids is 1. The van der Waals surface area contributed by atoms with Crippen LogP contribution in [0.5, 0.6) is 0 Å². The van der Waals surface area contributed by atoms with E-state index in [1.165, 1.54) is 6.07 Å². The molecule has 0 amide bonds. The number of hydrogen-bond acceptors (Lipinski definition) is 5. The van der Waals surface area contributed by atoms with Crippen LogP contribution in [0.3, 0.4) is 0 Å². The standard InChI is InChI=1S/C12H18BrNO4S3/c1-19-7-5-3-2-4-6-14-21(17,18)10-8-9(12(15)16)20-11(10)13/h8,14H,2-7H2,1H3,(H,15,16). The van der Waals surface area contributed by atoms with Crippen LogP contribution in [0.4, 0.5) is 0 Å². The molecule has 0 saturated heterocycles.